The molecule has 1 aromatic carbocycles. The number of hydrogen-bond acceptors (Lipinski definition) is 4. The maximum Gasteiger partial charge on any atom is 0.148 e. The van der Waals surface area contributed by atoms with Gasteiger partial charge in [-0.1, -0.05) is 32.4 Å². The van der Waals surface area contributed by atoms with Crippen LogP contribution in [0.25, 0.3) is 10.9 Å². The standard InChI is InChI=1S/C15H19ClN2O2/c1-15(2,3)9-6-8-12(16)10(19-4)7-11(20-5)13(8)18-14(9)17/h6-7H,1-5H3,(H2,17,18). The van der Waals surface area contributed by atoms with Crippen LogP contribution in [0.15, 0.2) is 12.1 Å². The third-order valence-electron chi connectivity index (χ3n) is 3.25. The quantitative estimate of drug-likeness (QED) is 0.915. The van der Waals surface area contributed by atoms with Crippen molar-refractivity contribution in [2.45, 2.75) is 26.2 Å². The fraction of sp³-hybridized carbons (Fsp3) is 0.400. The molecule has 0 unspecified atom stereocenters. The molecule has 0 aliphatic heterocycles. The van der Waals surface area contributed by atoms with E-state index >= 15 is 0 Å². The Balaban J connectivity index is 2.88. The SMILES string of the molecule is COc1cc(OC)c2nc(N)c(C(C)(C)C)cc2c1Cl. The second-order valence-corrected chi connectivity index (χ2v) is 6.04. The summed E-state index contributed by atoms with van der Waals surface area (Å²) in [6.07, 6.45) is 0. The minimum absolute atomic E-state index is 0.120. The fourth-order valence-electron chi connectivity index (χ4n) is 2.17. The number of anilines is 1. The number of rotatable bonds is 2. The monoisotopic (exact) mass is 294 g/mol. The average molecular weight is 295 g/mol. The molecule has 1 heterocycles. The summed E-state index contributed by atoms with van der Waals surface area (Å²) >= 11 is 6.38. The predicted octanol–water partition coefficient (Wildman–Crippen LogP) is 3.79. The van der Waals surface area contributed by atoms with Gasteiger partial charge in [-0.2, -0.15) is 0 Å². The van der Waals surface area contributed by atoms with Crippen LogP contribution < -0.4 is 15.2 Å². The lowest BCUT2D eigenvalue weighted by Gasteiger charge is -2.22. The van der Waals surface area contributed by atoms with E-state index in [1.54, 1.807) is 20.3 Å². The van der Waals surface area contributed by atoms with Gasteiger partial charge in [-0.05, 0) is 11.5 Å². The number of hydrogen-bond donors (Lipinski definition) is 1. The summed E-state index contributed by atoms with van der Waals surface area (Å²) < 4.78 is 10.6. The number of nitrogens with two attached hydrogens (primary N) is 1. The van der Waals surface area contributed by atoms with Crippen molar-refractivity contribution in [1.29, 1.82) is 0 Å². The van der Waals surface area contributed by atoms with Crippen LogP contribution in [-0.2, 0) is 5.41 Å². The molecule has 2 rings (SSSR count). The Morgan fingerprint density at radius 2 is 1.70 bits per heavy atom. The van der Waals surface area contributed by atoms with E-state index in [2.05, 4.69) is 25.8 Å². The van der Waals surface area contributed by atoms with Gasteiger partial charge in [-0.3, -0.25) is 0 Å². The molecule has 108 valence electrons. The van der Waals surface area contributed by atoms with Crippen LogP contribution in [0.3, 0.4) is 0 Å². The topological polar surface area (TPSA) is 57.4 Å². The first-order valence-electron chi connectivity index (χ1n) is 6.30. The lowest BCUT2D eigenvalue weighted by molar-refractivity contribution is 0.397. The fourth-order valence-corrected chi connectivity index (χ4v) is 2.45. The number of aromatic nitrogens is 1. The van der Waals surface area contributed by atoms with Gasteiger partial charge in [0.05, 0.1) is 19.2 Å². The highest BCUT2D eigenvalue weighted by Crippen LogP contribution is 2.41. The van der Waals surface area contributed by atoms with Gasteiger partial charge in [0.2, 0.25) is 0 Å². The Kier molecular flexibility index (Phi) is 3.69. The van der Waals surface area contributed by atoms with E-state index in [0.29, 0.717) is 27.9 Å². The third kappa shape index (κ3) is 2.36. The highest BCUT2D eigenvalue weighted by molar-refractivity contribution is 6.37. The molecule has 0 aliphatic carbocycles. The molecule has 0 saturated carbocycles. The summed E-state index contributed by atoms with van der Waals surface area (Å²) in [5.74, 6) is 1.64. The van der Waals surface area contributed by atoms with Crippen LogP contribution in [0.4, 0.5) is 5.82 Å². The summed E-state index contributed by atoms with van der Waals surface area (Å²) in [5.41, 5.74) is 7.54. The smallest absolute Gasteiger partial charge is 0.148 e. The second kappa shape index (κ2) is 5.02. The normalized spacial score (nSPS) is 11.7. The highest BCUT2D eigenvalue weighted by atomic mass is 35.5. The van der Waals surface area contributed by atoms with E-state index in [1.807, 2.05) is 6.07 Å². The molecular formula is C15H19ClN2O2. The van der Waals surface area contributed by atoms with E-state index in [0.717, 1.165) is 10.9 Å². The van der Waals surface area contributed by atoms with Crippen LogP contribution in [-0.4, -0.2) is 19.2 Å². The number of fused-ring (bicyclic) bond motifs is 1. The van der Waals surface area contributed by atoms with Crippen LogP contribution in [0.1, 0.15) is 26.3 Å². The largest absolute Gasteiger partial charge is 0.495 e. The van der Waals surface area contributed by atoms with Crippen molar-refractivity contribution in [3.8, 4) is 11.5 Å². The van der Waals surface area contributed by atoms with Crippen molar-refractivity contribution in [2.24, 2.45) is 0 Å². The molecule has 0 aliphatic rings. The maximum absolute atomic E-state index is 6.38. The zero-order chi connectivity index (χ0) is 15.1. The highest BCUT2D eigenvalue weighted by Gasteiger charge is 2.22. The molecule has 0 bridgehead atoms. The molecular weight excluding hydrogens is 276 g/mol. The average Bonchev–Trinajstić information content (AvgIpc) is 2.37. The molecule has 2 N–H and O–H groups in total. The van der Waals surface area contributed by atoms with Crippen LogP contribution >= 0.6 is 11.6 Å². The van der Waals surface area contributed by atoms with Gasteiger partial charge in [0, 0.05) is 17.0 Å². The Morgan fingerprint density at radius 1 is 1.10 bits per heavy atom. The van der Waals surface area contributed by atoms with Gasteiger partial charge in [-0.25, -0.2) is 4.98 Å². The van der Waals surface area contributed by atoms with Gasteiger partial charge in [0.1, 0.15) is 22.8 Å². The van der Waals surface area contributed by atoms with Crippen LogP contribution in [0.5, 0.6) is 11.5 Å². The Bertz CT molecular complexity index is 663. The first-order valence-corrected chi connectivity index (χ1v) is 6.68. The van der Waals surface area contributed by atoms with E-state index < -0.39 is 0 Å². The van der Waals surface area contributed by atoms with E-state index in [4.69, 9.17) is 26.8 Å². The number of halogens is 1. The zero-order valence-corrected chi connectivity index (χ0v) is 13.1. The van der Waals surface area contributed by atoms with Crippen molar-refractivity contribution < 1.29 is 9.47 Å². The summed E-state index contributed by atoms with van der Waals surface area (Å²) in [4.78, 5) is 4.46. The number of ether oxygens (including phenoxy) is 2. The Hall–Kier alpha value is -1.68. The van der Waals surface area contributed by atoms with Crippen LogP contribution in [0, 0.1) is 0 Å². The number of methoxy groups -OCH3 is 2. The van der Waals surface area contributed by atoms with Crippen molar-refractivity contribution in [3.05, 3.63) is 22.7 Å². The lowest BCUT2D eigenvalue weighted by Crippen LogP contribution is -2.15. The van der Waals surface area contributed by atoms with Crippen molar-refractivity contribution in [2.75, 3.05) is 20.0 Å². The molecule has 20 heavy (non-hydrogen) atoms. The van der Waals surface area contributed by atoms with Crippen molar-refractivity contribution >= 4 is 28.3 Å². The number of nitrogens with zero attached hydrogens (tertiary/aromatic N) is 1. The van der Waals surface area contributed by atoms with Crippen molar-refractivity contribution in [1.82, 2.24) is 4.98 Å². The Labute approximate surface area is 123 Å². The van der Waals surface area contributed by atoms with Gasteiger partial charge >= 0.3 is 0 Å². The van der Waals surface area contributed by atoms with Gasteiger partial charge < -0.3 is 15.2 Å². The summed E-state index contributed by atoms with van der Waals surface area (Å²) in [6, 6.07) is 3.68. The molecule has 0 amide bonds. The van der Waals surface area contributed by atoms with Crippen molar-refractivity contribution in [3.63, 3.8) is 0 Å². The number of benzene rings is 1. The summed E-state index contributed by atoms with van der Waals surface area (Å²) in [6.45, 7) is 6.24. The molecule has 0 saturated heterocycles. The molecule has 0 atom stereocenters. The number of pyridine rings is 1. The van der Waals surface area contributed by atoms with E-state index in [1.165, 1.54) is 0 Å². The molecule has 4 nitrogen and oxygen atoms in total. The minimum Gasteiger partial charge on any atom is -0.495 e. The molecule has 0 fully saturated rings. The van der Waals surface area contributed by atoms with E-state index in [9.17, 15) is 0 Å². The first-order chi connectivity index (χ1) is 9.29. The number of nitrogen functional groups attached to an aromatic ring is 1. The molecule has 1 aromatic heterocycles. The van der Waals surface area contributed by atoms with Crippen LogP contribution in [0.2, 0.25) is 5.02 Å². The van der Waals surface area contributed by atoms with Gasteiger partial charge in [0.15, 0.2) is 0 Å². The lowest BCUT2D eigenvalue weighted by atomic mass is 9.86. The molecule has 5 heteroatoms. The Morgan fingerprint density at radius 3 is 2.20 bits per heavy atom. The van der Waals surface area contributed by atoms with Gasteiger partial charge in [0.25, 0.3) is 0 Å². The third-order valence-corrected chi connectivity index (χ3v) is 3.64. The zero-order valence-electron chi connectivity index (χ0n) is 12.4. The molecule has 0 spiro atoms. The van der Waals surface area contributed by atoms with Gasteiger partial charge in [-0.15, -0.1) is 0 Å². The minimum atomic E-state index is -0.120. The predicted molar refractivity (Wildman–Crippen MR) is 83.0 cm³/mol. The molecule has 2 aromatic rings. The first kappa shape index (κ1) is 14.7. The molecule has 0 radical (unpaired) electrons. The summed E-state index contributed by atoms with van der Waals surface area (Å²) in [5, 5.41) is 1.29. The summed E-state index contributed by atoms with van der Waals surface area (Å²) in [7, 11) is 3.15. The maximum atomic E-state index is 6.38. The second-order valence-electron chi connectivity index (χ2n) is 5.66. The van der Waals surface area contributed by atoms with E-state index in [-0.39, 0.29) is 5.41 Å².